The van der Waals surface area contributed by atoms with Gasteiger partial charge in [-0.2, -0.15) is 0 Å². The van der Waals surface area contributed by atoms with E-state index in [1.807, 2.05) is 17.0 Å². The summed E-state index contributed by atoms with van der Waals surface area (Å²) >= 11 is 0. The fraction of sp³-hybridized carbons (Fsp3) is 0.606. The Morgan fingerprint density at radius 1 is 0.842 bits per heavy atom. The van der Waals surface area contributed by atoms with Crippen molar-refractivity contribution in [2.45, 2.75) is 111 Å². The first-order chi connectivity index (χ1) is 17.4. The lowest BCUT2D eigenvalue weighted by Gasteiger charge is -2.44. The van der Waals surface area contributed by atoms with Crippen LogP contribution in [0.25, 0.3) is 0 Å². The van der Waals surface area contributed by atoms with E-state index in [1.165, 1.54) is 17.7 Å². The van der Waals surface area contributed by atoms with Crippen molar-refractivity contribution in [2.75, 3.05) is 19.7 Å². The zero-order valence-electron chi connectivity index (χ0n) is 25.5. The average molecular weight is 525 g/mol. The maximum Gasteiger partial charge on any atom is 0.260 e. The monoisotopic (exact) mass is 524 g/mol. The van der Waals surface area contributed by atoms with Crippen LogP contribution < -0.4 is 4.74 Å². The first-order valence-corrected chi connectivity index (χ1v) is 14.0. The smallest absolute Gasteiger partial charge is 0.260 e. The van der Waals surface area contributed by atoms with Gasteiger partial charge in [-0.25, -0.2) is 4.39 Å². The van der Waals surface area contributed by atoms with Gasteiger partial charge in [-0.1, -0.05) is 86.6 Å². The summed E-state index contributed by atoms with van der Waals surface area (Å²) in [4.78, 5) is 17.8. The molecule has 2 atom stereocenters. The molecule has 0 bridgehead atoms. The topological polar surface area (TPSA) is 32.8 Å². The summed E-state index contributed by atoms with van der Waals surface area (Å²) in [5.74, 6) is 0.648. The second-order valence-corrected chi connectivity index (χ2v) is 14.2. The maximum atomic E-state index is 13.5. The van der Waals surface area contributed by atoms with E-state index in [-0.39, 0.29) is 46.7 Å². The first kappa shape index (κ1) is 30.1. The second-order valence-electron chi connectivity index (χ2n) is 14.2. The van der Waals surface area contributed by atoms with Gasteiger partial charge in [-0.3, -0.25) is 9.69 Å². The zero-order valence-corrected chi connectivity index (χ0v) is 25.5. The summed E-state index contributed by atoms with van der Waals surface area (Å²) in [5, 5.41) is 0. The summed E-state index contributed by atoms with van der Waals surface area (Å²) in [6.07, 6.45) is 0. The molecule has 0 aromatic heterocycles. The number of carbonyl (C=O) groups excluding carboxylic acids is 1. The predicted octanol–water partition coefficient (Wildman–Crippen LogP) is 7.22. The van der Waals surface area contributed by atoms with Crippen LogP contribution in [0.15, 0.2) is 36.4 Å². The Labute approximate surface area is 230 Å². The first-order valence-electron chi connectivity index (χ1n) is 14.0. The number of amides is 1. The van der Waals surface area contributed by atoms with Gasteiger partial charge < -0.3 is 9.64 Å². The third kappa shape index (κ3) is 7.16. The molecule has 2 aromatic carbocycles. The Morgan fingerprint density at radius 2 is 1.37 bits per heavy atom. The summed E-state index contributed by atoms with van der Waals surface area (Å²) in [7, 11) is 0. The molecule has 0 saturated carbocycles. The van der Waals surface area contributed by atoms with Gasteiger partial charge >= 0.3 is 0 Å². The van der Waals surface area contributed by atoms with E-state index in [0.717, 1.165) is 35.5 Å². The van der Waals surface area contributed by atoms with Crippen molar-refractivity contribution in [3.63, 3.8) is 0 Å². The van der Waals surface area contributed by atoms with Crippen LogP contribution in [0, 0.1) is 5.82 Å². The largest absolute Gasteiger partial charge is 0.483 e. The lowest BCUT2D eigenvalue weighted by molar-refractivity contribution is -0.139. The van der Waals surface area contributed by atoms with Gasteiger partial charge in [0.2, 0.25) is 0 Å². The van der Waals surface area contributed by atoms with Crippen molar-refractivity contribution in [1.82, 2.24) is 9.80 Å². The summed E-state index contributed by atoms with van der Waals surface area (Å²) < 4.78 is 19.8. The standard InChI is InChI=1S/C33H49FN2O2/c1-22-19-36(23(2)18-35(22)20-24-12-14-26(34)15-13-24)29(37)21-38-30-27(32(6,7)8)16-25(31(3,4)5)17-28(30)33(9,10)11/h12-17,22-23H,18-21H2,1-11H3/t22-,23+/m1/s1. The van der Waals surface area contributed by atoms with Gasteiger partial charge in [0.15, 0.2) is 6.61 Å². The summed E-state index contributed by atoms with van der Waals surface area (Å²) in [6.45, 7) is 26.4. The highest BCUT2D eigenvalue weighted by molar-refractivity contribution is 5.78. The minimum absolute atomic E-state index is 0.00745. The highest BCUT2D eigenvalue weighted by Gasteiger charge is 2.34. The van der Waals surface area contributed by atoms with Gasteiger partial charge in [-0.05, 0) is 53.4 Å². The number of benzene rings is 2. The maximum absolute atomic E-state index is 13.5. The normalized spacial score (nSPS) is 19.5. The third-order valence-electron chi connectivity index (χ3n) is 7.65. The molecule has 0 N–H and O–H groups in total. The van der Waals surface area contributed by atoms with Gasteiger partial charge in [0.05, 0.1) is 0 Å². The molecule has 5 heteroatoms. The Bertz CT molecular complexity index is 1080. The van der Waals surface area contributed by atoms with Crippen LogP contribution in [-0.4, -0.2) is 47.5 Å². The third-order valence-corrected chi connectivity index (χ3v) is 7.65. The predicted molar refractivity (Wildman–Crippen MR) is 155 cm³/mol. The van der Waals surface area contributed by atoms with Crippen molar-refractivity contribution in [1.29, 1.82) is 0 Å². The van der Waals surface area contributed by atoms with Crippen molar-refractivity contribution in [2.24, 2.45) is 0 Å². The molecule has 4 nitrogen and oxygen atoms in total. The lowest BCUT2D eigenvalue weighted by Crippen LogP contribution is -2.58. The minimum Gasteiger partial charge on any atom is -0.483 e. The molecule has 2 aromatic rings. The molecule has 0 radical (unpaired) electrons. The molecule has 210 valence electrons. The molecular weight excluding hydrogens is 475 g/mol. The van der Waals surface area contributed by atoms with Crippen LogP contribution in [0.2, 0.25) is 0 Å². The molecule has 38 heavy (non-hydrogen) atoms. The highest BCUT2D eigenvalue weighted by Crippen LogP contribution is 2.43. The quantitative estimate of drug-likeness (QED) is 0.414. The highest BCUT2D eigenvalue weighted by atomic mass is 19.1. The van der Waals surface area contributed by atoms with Gasteiger partial charge in [0, 0.05) is 42.8 Å². The van der Waals surface area contributed by atoms with E-state index in [2.05, 4.69) is 93.2 Å². The number of hydrogen-bond acceptors (Lipinski definition) is 3. The van der Waals surface area contributed by atoms with E-state index >= 15 is 0 Å². The molecule has 1 saturated heterocycles. The molecule has 1 amide bonds. The zero-order chi connectivity index (χ0) is 28.6. The number of halogens is 1. The van der Waals surface area contributed by atoms with Crippen molar-refractivity contribution in [3.05, 3.63) is 64.5 Å². The SMILES string of the molecule is C[C@@H]1CN(C(=O)COc2c(C(C)(C)C)cc(C(C)(C)C)cc2C(C)(C)C)[C@@H](C)CN1Cc1ccc(F)cc1. The van der Waals surface area contributed by atoms with Crippen LogP contribution in [-0.2, 0) is 27.6 Å². The molecule has 1 aliphatic heterocycles. The van der Waals surface area contributed by atoms with Gasteiger partial charge in [0.25, 0.3) is 5.91 Å². The molecular formula is C33H49FN2O2. The van der Waals surface area contributed by atoms with Crippen LogP contribution in [0.5, 0.6) is 5.75 Å². The fourth-order valence-electron chi connectivity index (χ4n) is 5.14. The fourth-order valence-corrected chi connectivity index (χ4v) is 5.14. The number of rotatable bonds is 5. The molecule has 0 spiro atoms. The van der Waals surface area contributed by atoms with Crippen molar-refractivity contribution in [3.8, 4) is 5.75 Å². The molecule has 1 aliphatic rings. The lowest BCUT2D eigenvalue weighted by atomic mass is 9.74. The van der Waals surface area contributed by atoms with Crippen LogP contribution in [0.3, 0.4) is 0 Å². The Hall–Kier alpha value is -2.40. The number of nitrogens with zero attached hydrogens (tertiary/aromatic N) is 2. The Kier molecular flexibility index (Phi) is 8.72. The molecule has 1 heterocycles. The van der Waals surface area contributed by atoms with Crippen molar-refractivity contribution < 1.29 is 13.9 Å². The minimum atomic E-state index is -0.220. The number of piperazine rings is 1. The number of ether oxygens (including phenoxy) is 1. The average Bonchev–Trinajstić information content (AvgIpc) is 2.78. The van der Waals surface area contributed by atoms with E-state index in [1.54, 1.807) is 0 Å². The Morgan fingerprint density at radius 3 is 1.84 bits per heavy atom. The molecule has 0 aliphatic carbocycles. The van der Waals surface area contributed by atoms with Crippen molar-refractivity contribution >= 4 is 5.91 Å². The van der Waals surface area contributed by atoms with Gasteiger partial charge in [0.1, 0.15) is 11.6 Å². The van der Waals surface area contributed by atoms with E-state index in [4.69, 9.17) is 4.74 Å². The van der Waals surface area contributed by atoms with E-state index in [9.17, 15) is 9.18 Å². The number of carbonyl (C=O) groups is 1. The van der Waals surface area contributed by atoms with Gasteiger partial charge in [-0.15, -0.1) is 0 Å². The number of hydrogen-bond donors (Lipinski definition) is 0. The summed E-state index contributed by atoms with van der Waals surface area (Å²) in [6, 6.07) is 11.5. The van der Waals surface area contributed by atoms with E-state index in [0.29, 0.717) is 6.54 Å². The molecule has 1 fully saturated rings. The molecule has 0 unspecified atom stereocenters. The second kappa shape index (κ2) is 11.0. The van der Waals surface area contributed by atoms with Crippen LogP contribution >= 0.6 is 0 Å². The summed E-state index contributed by atoms with van der Waals surface area (Å²) in [5.41, 5.74) is 4.40. The van der Waals surface area contributed by atoms with E-state index < -0.39 is 0 Å². The van der Waals surface area contributed by atoms with Crippen LogP contribution in [0.1, 0.15) is 98.4 Å². The van der Waals surface area contributed by atoms with Crippen LogP contribution in [0.4, 0.5) is 4.39 Å². The molecule has 3 rings (SSSR count). The Balaban J connectivity index is 1.81.